The standard InChI is InChI=1S/C14H17NO/c16-14-7-9-15-8-6-12(13(14)10-15)11-4-2-1-3-5-11/h1-6,13-14,16H,7-10H2/t13-,14-/m0/s1. The summed E-state index contributed by atoms with van der Waals surface area (Å²) in [6.07, 6.45) is 3.03. The van der Waals surface area contributed by atoms with Crippen LogP contribution in [0.4, 0.5) is 0 Å². The second kappa shape index (κ2) is 4.04. The second-order valence-electron chi connectivity index (χ2n) is 4.75. The summed E-state index contributed by atoms with van der Waals surface area (Å²) in [5.41, 5.74) is 2.61. The van der Waals surface area contributed by atoms with Crippen LogP contribution in [0, 0.1) is 5.92 Å². The first-order valence-corrected chi connectivity index (χ1v) is 6.00. The third-order valence-electron chi connectivity index (χ3n) is 3.74. The van der Waals surface area contributed by atoms with E-state index in [-0.39, 0.29) is 6.10 Å². The minimum atomic E-state index is -0.164. The van der Waals surface area contributed by atoms with Gasteiger partial charge >= 0.3 is 0 Å². The minimum absolute atomic E-state index is 0.164. The summed E-state index contributed by atoms with van der Waals surface area (Å²) in [5, 5.41) is 10.1. The Morgan fingerprint density at radius 2 is 2.00 bits per heavy atom. The van der Waals surface area contributed by atoms with Crippen molar-refractivity contribution in [3.63, 3.8) is 0 Å². The van der Waals surface area contributed by atoms with Gasteiger partial charge in [-0.25, -0.2) is 0 Å². The van der Waals surface area contributed by atoms with Gasteiger partial charge in [0.05, 0.1) is 6.10 Å². The fourth-order valence-corrected chi connectivity index (χ4v) is 2.82. The number of hydrogen-bond donors (Lipinski definition) is 1. The molecule has 2 heteroatoms. The zero-order chi connectivity index (χ0) is 11.0. The molecule has 1 saturated heterocycles. The molecular formula is C14H17NO. The number of benzene rings is 1. The van der Waals surface area contributed by atoms with E-state index in [9.17, 15) is 5.11 Å². The van der Waals surface area contributed by atoms with Crippen LogP contribution < -0.4 is 0 Å². The van der Waals surface area contributed by atoms with Crippen molar-refractivity contribution in [2.24, 2.45) is 5.92 Å². The third-order valence-corrected chi connectivity index (χ3v) is 3.74. The van der Waals surface area contributed by atoms with Gasteiger partial charge in [-0.05, 0) is 17.6 Å². The van der Waals surface area contributed by atoms with Gasteiger partial charge in [0, 0.05) is 25.6 Å². The highest BCUT2D eigenvalue weighted by Crippen LogP contribution is 2.34. The van der Waals surface area contributed by atoms with Crippen molar-refractivity contribution in [2.75, 3.05) is 19.6 Å². The van der Waals surface area contributed by atoms with Crippen LogP contribution in [-0.4, -0.2) is 35.7 Å². The minimum Gasteiger partial charge on any atom is -0.392 e. The Morgan fingerprint density at radius 3 is 2.81 bits per heavy atom. The summed E-state index contributed by atoms with van der Waals surface area (Å²) in [6.45, 7) is 3.09. The van der Waals surface area contributed by atoms with Gasteiger partial charge in [0.25, 0.3) is 0 Å². The smallest absolute Gasteiger partial charge is 0.0633 e. The molecule has 0 aromatic heterocycles. The van der Waals surface area contributed by atoms with Crippen LogP contribution >= 0.6 is 0 Å². The normalized spacial score (nSPS) is 33.3. The molecule has 2 bridgehead atoms. The average Bonchev–Trinajstić information content (AvgIpc) is 2.36. The highest BCUT2D eigenvalue weighted by Gasteiger charge is 2.33. The first kappa shape index (κ1) is 10.1. The number of piperidine rings is 1. The molecule has 2 nitrogen and oxygen atoms in total. The van der Waals surface area contributed by atoms with Crippen molar-refractivity contribution >= 4 is 5.57 Å². The van der Waals surface area contributed by atoms with Crippen molar-refractivity contribution < 1.29 is 5.11 Å². The van der Waals surface area contributed by atoms with E-state index in [0.29, 0.717) is 5.92 Å². The van der Waals surface area contributed by atoms with Crippen LogP contribution in [0.5, 0.6) is 0 Å². The molecule has 16 heavy (non-hydrogen) atoms. The molecule has 84 valence electrons. The molecule has 3 rings (SSSR count). The summed E-state index contributed by atoms with van der Waals surface area (Å²) in [4.78, 5) is 2.42. The van der Waals surface area contributed by atoms with Gasteiger partial charge in [-0.2, -0.15) is 0 Å². The molecule has 1 N–H and O–H groups in total. The number of fused-ring (bicyclic) bond motifs is 2. The average molecular weight is 215 g/mol. The summed E-state index contributed by atoms with van der Waals surface area (Å²) in [5.74, 6) is 0.310. The van der Waals surface area contributed by atoms with Crippen LogP contribution in [0.25, 0.3) is 5.57 Å². The fourth-order valence-electron chi connectivity index (χ4n) is 2.82. The summed E-state index contributed by atoms with van der Waals surface area (Å²) in [7, 11) is 0. The first-order valence-electron chi connectivity index (χ1n) is 6.00. The lowest BCUT2D eigenvalue weighted by Gasteiger charge is -2.40. The van der Waals surface area contributed by atoms with Crippen molar-refractivity contribution in [1.29, 1.82) is 0 Å². The van der Waals surface area contributed by atoms with E-state index in [4.69, 9.17) is 0 Å². The van der Waals surface area contributed by atoms with Gasteiger partial charge in [-0.1, -0.05) is 36.4 Å². The number of hydrogen-bond acceptors (Lipinski definition) is 2. The lowest BCUT2D eigenvalue weighted by Crippen LogP contribution is -2.46. The molecule has 2 aliphatic heterocycles. The summed E-state index contributed by atoms with van der Waals surface area (Å²) >= 11 is 0. The summed E-state index contributed by atoms with van der Waals surface area (Å²) < 4.78 is 0. The Hall–Kier alpha value is -1.12. The van der Waals surface area contributed by atoms with Crippen molar-refractivity contribution in [2.45, 2.75) is 12.5 Å². The van der Waals surface area contributed by atoms with Gasteiger partial charge in [0.2, 0.25) is 0 Å². The van der Waals surface area contributed by atoms with Gasteiger partial charge in [0.1, 0.15) is 0 Å². The number of aliphatic hydroxyl groups excluding tert-OH is 1. The van der Waals surface area contributed by atoms with E-state index in [0.717, 1.165) is 26.1 Å². The molecular weight excluding hydrogens is 198 g/mol. The molecule has 0 spiro atoms. The molecule has 0 saturated carbocycles. The zero-order valence-corrected chi connectivity index (χ0v) is 9.34. The van der Waals surface area contributed by atoms with E-state index in [1.54, 1.807) is 0 Å². The van der Waals surface area contributed by atoms with Crippen molar-refractivity contribution in [3.8, 4) is 0 Å². The van der Waals surface area contributed by atoms with E-state index >= 15 is 0 Å². The van der Waals surface area contributed by atoms with Gasteiger partial charge in [-0.3, -0.25) is 4.90 Å². The Kier molecular flexibility index (Phi) is 2.54. The van der Waals surface area contributed by atoms with Gasteiger partial charge < -0.3 is 5.11 Å². The Balaban J connectivity index is 1.95. The first-order chi connectivity index (χ1) is 7.84. The highest BCUT2D eigenvalue weighted by molar-refractivity contribution is 5.69. The molecule has 1 aromatic rings. The number of rotatable bonds is 1. The predicted octanol–water partition coefficient (Wildman–Crippen LogP) is 1.77. The van der Waals surface area contributed by atoms with E-state index in [2.05, 4.69) is 35.2 Å². The molecule has 0 amide bonds. The SMILES string of the molecule is O[C@H]1CCN2CC=C(c3ccccc3)[C@@H]1C2. The van der Waals surface area contributed by atoms with E-state index < -0.39 is 0 Å². The Labute approximate surface area is 96.2 Å². The lowest BCUT2D eigenvalue weighted by molar-refractivity contribution is 0.0509. The van der Waals surface area contributed by atoms with Crippen LogP contribution in [0.2, 0.25) is 0 Å². The zero-order valence-electron chi connectivity index (χ0n) is 9.34. The van der Waals surface area contributed by atoms with Gasteiger partial charge in [0.15, 0.2) is 0 Å². The molecule has 0 aliphatic carbocycles. The second-order valence-corrected chi connectivity index (χ2v) is 4.75. The lowest BCUT2D eigenvalue weighted by atomic mass is 9.81. The number of aliphatic hydroxyl groups is 1. The predicted molar refractivity (Wildman–Crippen MR) is 65.0 cm³/mol. The molecule has 2 aliphatic rings. The number of nitrogens with zero attached hydrogens (tertiary/aromatic N) is 1. The maximum Gasteiger partial charge on any atom is 0.0633 e. The Morgan fingerprint density at radius 1 is 1.19 bits per heavy atom. The van der Waals surface area contributed by atoms with E-state index in [1.165, 1.54) is 11.1 Å². The van der Waals surface area contributed by atoms with Crippen LogP contribution in [-0.2, 0) is 0 Å². The molecule has 0 radical (unpaired) electrons. The molecule has 1 unspecified atom stereocenters. The van der Waals surface area contributed by atoms with Crippen LogP contribution in [0.15, 0.2) is 36.4 Å². The largest absolute Gasteiger partial charge is 0.392 e. The van der Waals surface area contributed by atoms with Crippen LogP contribution in [0.3, 0.4) is 0 Å². The van der Waals surface area contributed by atoms with Crippen molar-refractivity contribution in [1.82, 2.24) is 4.90 Å². The molecule has 1 fully saturated rings. The summed E-state index contributed by atoms with van der Waals surface area (Å²) in [6, 6.07) is 10.5. The maximum atomic E-state index is 10.1. The molecule has 1 aromatic carbocycles. The maximum absolute atomic E-state index is 10.1. The monoisotopic (exact) mass is 215 g/mol. The topological polar surface area (TPSA) is 23.5 Å². The van der Waals surface area contributed by atoms with Crippen molar-refractivity contribution in [3.05, 3.63) is 42.0 Å². The third kappa shape index (κ3) is 1.68. The van der Waals surface area contributed by atoms with E-state index in [1.807, 2.05) is 6.07 Å². The quantitative estimate of drug-likeness (QED) is 0.771. The Bertz CT molecular complexity index is 398. The van der Waals surface area contributed by atoms with Crippen LogP contribution in [0.1, 0.15) is 12.0 Å². The molecule has 2 heterocycles. The van der Waals surface area contributed by atoms with Gasteiger partial charge in [-0.15, -0.1) is 0 Å². The fraction of sp³-hybridized carbons (Fsp3) is 0.429. The highest BCUT2D eigenvalue weighted by atomic mass is 16.3. The molecule has 3 atom stereocenters.